The van der Waals surface area contributed by atoms with E-state index in [9.17, 15) is 4.39 Å². The van der Waals surface area contributed by atoms with Crippen LogP contribution < -0.4 is 15.8 Å². The smallest absolute Gasteiger partial charge is 0.193 e. The third-order valence-electron chi connectivity index (χ3n) is 2.66. The Bertz CT molecular complexity index is 614. The van der Waals surface area contributed by atoms with Crippen molar-refractivity contribution in [3.8, 4) is 5.75 Å². The van der Waals surface area contributed by atoms with E-state index in [2.05, 4.69) is 10.3 Å². The maximum atomic E-state index is 13.0. The van der Waals surface area contributed by atoms with Crippen LogP contribution in [-0.4, -0.2) is 13.1 Å². The van der Waals surface area contributed by atoms with Gasteiger partial charge in [-0.05, 0) is 29.8 Å². The van der Waals surface area contributed by atoms with Crippen molar-refractivity contribution >= 4 is 11.6 Å². The van der Waals surface area contributed by atoms with Crippen LogP contribution >= 0.6 is 0 Å². The molecular weight excluding hydrogens is 257 g/mol. The van der Waals surface area contributed by atoms with Crippen LogP contribution in [0.2, 0.25) is 0 Å². The molecule has 0 atom stereocenters. The van der Waals surface area contributed by atoms with Gasteiger partial charge < -0.3 is 15.8 Å². The van der Waals surface area contributed by atoms with Crippen molar-refractivity contribution < 1.29 is 9.13 Å². The lowest BCUT2D eigenvalue weighted by molar-refractivity contribution is 0.415. The number of nitrogens with one attached hydrogen (secondary N) is 1. The number of benzene rings is 2. The number of nitrogens with two attached hydrogens (primary N) is 1. The average Bonchev–Trinajstić information content (AvgIpc) is 2.45. The van der Waals surface area contributed by atoms with E-state index in [1.54, 1.807) is 19.2 Å². The Kier molecular flexibility index (Phi) is 4.55. The summed E-state index contributed by atoms with van der Waals surface area (Å²) in [5.74, 6) is 0.715. The van der Waals surface area contributed by atoms with E-state index in [0.29, 0.717) is 6.54 Å². The first-order chi connectivity index (χ1) is 9.67. The molecule has 2 rings (SSSR count). The van der Waals surface area contributed by atoms with Crippen molar-refractivity contribution in [2.24, 2.45) is 10.7 Å². The molecular formula is C15H16FN3O. The van der Waals surface area contributed by atoms with Gasteiger partial charge in [0.25, 0.3) is 0 Å². The standard InChI is InChI=1S/C15H16FN3O/c1-20-14-7-3-6-13(9-14)19-15(17)18-10-11-4-2-5-12(16)8-11/h2-9H,10H2,1H3,(H3,17,18,19). The molecule has 5 heteroatoms. The predicted molar refractivity (Wildman–Crippen MR) is 78.3 cm³/mol. The monoisotopic (exact) mass is 273 g/mol. The average molecular weight is 273 g/mol. The Hall–Kier alpha value is -2.56. The number of guanidine groups is 1. The summed E-state index contributed by atoms with van der Waals surface area (Å²) in [6.45, 7) is 0.320. The molecule has 0 amide bonds. The maximum absolute atomic E-state index is 13.0. The molecule has 0 heterocycles. The number of ether oxygens (including phenoxy) is 1. The van der Waals surface area contributed by atoms with Crippen LogP contribution in [0.5, 0.6) is 5.75 Å². The highest BCUT2D eigenvalue weighted by molar-refractivity contribution is 5.92. The molecule has 2 aromatic carbocycles. The zero-order valence-corrected chi connectivity index (χ0v) is 11.1. The minimum Gasteiger partial charge on any atom is -0.497 e. The van der Waals surface area contributed by atoms with Crippen molar-refractivity contribution in [3.63, 3.8) is 0 Å². The number of halogens is 1. The SMILES string of the molecule is COc1cccc(NC(N)=NCc2cccc(F)c2)c1. The Morgan fingerprint density at radius 2 is 2.05 bits per heavy atom. The molecule has 0 fully saturated rings. The van der Waals surface area contributed by atoms with Gasteiger partial charge in [-0.3, -0.25) is 0 Å². The molecule has 0 aliphatic heterocycles. The summed E-state index contributed by atoms with van der Waals surface area (Å²) in [5.41, 5.74) is 7.33. The second-order valence-electron chi connectivity index (χ2n) is 4.19. The largest absolute Gasteiger partial charge is 0.497 e. The molecule has 0 aliphatic rings. The van der Waals surface area contributed by atoms with E-state index in [4.69, 9.17) is 10.5 Å². The molecule has 20 heavy (non-hydrogen) atoms. The van der Waals surface area contributed by atoms with Crippen molar-refractivity contribution in [1.82, 2.24) is 0 Å². The van der Waals surface area contributed by atoms with Gasteiger partial charge in [-0.15, -0.1) is 0 Å². The summed E-state index contributed by atoms with van der Waals surface area (Å²) in [7, 11) is 1.60. The van der Waals surface area contributed by atoms with E-state index in [0.717, 1.165) is 17.0 Å². The second kappa shape index (κ2) is 6.56. The third kappa shape index (κ3) is 3.98. The van der Waals surface area contributed by atoms with Gasteiger partial charge in [0.15, 0.2) is 5.96 Å². The fourth-order valence-corrected chi connectivity index (χ4v) is 1.70. The lowest BCUT2D eigenvalue weighted by Gasteiger charge is -2.07. The molecule has 0 saturated carbocycles. The highest BCUT2D eigenvalue weighted by Gasteiger charge is 1.98. The van der Waals surface area contributed by atoms with Gasteiger partial charge in [-0.1, -0.05) is 18.2 Å². The fraction of sp³-hybridized carbons (Fsp3) is 0.133. The topological polar surface area (TPSA) is 59.6 Å². The van der Waals surface area contributed by atoms with Gasteiger partial charge in [0.2, 0.25) is 0 Å². The molecule has 0 aromatic heterocycles. The fourth-order valence-electron chi connectivity index (χ4n) is 1.70. The molecule has 0 saturated heterocycles. The van der Waals surface area contributed by atoms with E-state index >= 15 is 0 Å². The van der Waals surface area contributed by atoms with Gasteiger partial charge in [0.05, 0.1) is 13.7 Å². The molecule has 0 bridgehead atoms. The number of aliphatic imine (C=N–C) groups is 1. The third-order valence-corrected chi connectivity index (χ3v) is 2.66. The van der Waals surface area contributed by atoms with Crippen LogP contribution in [0.1, 0.15) is 5.56 Å². The van der Waals surface area contributed by atoms with Gasteiger partial charge >= 0.3 is 0 Å². The molecule has 0 radical (unpaired) electrons. The molecule has 0 unspecified atom stereocenters. The number of hydrogen-bond acceptors (Lipinski definition) is 2. The highest BCUT2D eigenvalue weighted by Crippen LogP contribution is 2.16. The van der Waals surface area contributed by atoms with Crippen LogP contribution in [0, 0.1) is 5.82 Å². The molecule has 0 spiro atoms. The maximum Gasteiger partial charge on any atom is 0.193 e. The Labute approximate surface area is 117 Å². The van der Waals surface area contributed by atoms with Gasteiger partial charge in [0.1, 0.15) is 11.6 Å². The summed E-state index contributed by atoms with van der Waals surface area (Å²) in [6.07, 6.45) is 0. The van der Waals surface area contributed by atoms with Crippen molar-refractivity contribution in [3.05, 3.63) is 59.9 Å². The van der Waals surface area contributed by atoms with Crippen molar-refractivity contribution in [2.45, 2.75) is 6.54 Å². The molecule has 4 nitrogen and oxygen atoms in total. The number of methoxy groups -OCH3 is 1. The van der Waals surface area contributed by atoms with E-state index in [1.807, 2.05) is 24.3 Å². The number of nitrogens with zero attached hydrogens (tertiary/aromatic N) is 1. The quantitative estimate of drug-likeness (QED) is 0.665. The molecule has 2 aromatic rings. The molecule has 0 aliphatic carbocycles. The Balaban J connectivity index is 2.00. The normalized spacial score (nSPS) is 11.2. The zero-order valence-electron chi connectivity index (χ0n) is 11.1. The van der Waals surface area contributed by atoms with E-state index in [1.165, 1.54) is 12.1 Å². The number of hydrogen-bond donors (Lipinski definition) is 2. The molecule has 104 valence electrons. The predicted octanol–water partition coefficient (Wildman–Crippen LogP) is 2.76. The van der Waals surface area contributed by atoms with Crippen LogP contribution in [0.25, 0.3) is 0 Å². The first-order valence-electron chi connectivity index (χ1n) is 6.13. The van der Waals surface area contributed by atoms with Crippen LogP contribution in [0.4, 0.5) is 10.1 Å². The highest BCUT2D eigenvalue weighted by atomic mass is 19.1. The van der Waals surface area contributed by atoms with Gasteiger partial charge in [-0.25, -0.2) is 9.38 Å². The minimum atomic E-state index is -0.281. The van der Waals surface area contributed by atoms with Crippen LogP contribution in [0.15, 0.2) is 53.5 Å². The Morgan fingerprint density at radius 1 is 1.25 bits per heavy atom. The first kappa shape index (κ1) is 13.9. The second-order valence-corrected chi connectivity index (χ2v) is 4.19. The minimum absolute atomic E-state index is 0.266. The molecule has 3 N–H and O–H groups in total. The Morgan fingerprint density at radius 3 is 2.80 bits per heavy atom. The summed E-state index contributed by atoms with van der Waals surface area (Å²) in [5, 5.41) is 2.96. The summed E-state index contributed by atoms with van der Waals surface area (Å²) in [6, 6.07) is 13.6. The summed E-state index contributed by atoms with van der Waals surface area (Å²) >= 11 is 0. The first-order valence-corrected chi connectivity index (χ1v) is 6.13. The number of anilines is 1. The van der Waals surface area contributed by atoms with Crippen molar-refractivity contribution in [2.75, 3.05) is 12.4 Å². The van der Waals surface area contributed by atoms with Crippen molar-refractivity contribution in [1.29, 1.82) is 0 Å². The van der Waals surface area contributed by atoms with Gasteiger partial charge in [0, 0.05) is 11.8 Å². The lowest BCUT2D eigenvalue weighted by Crippen LogP contribution is -2.22. The lowest BCUT2D eigenvalue weighted by atomic mass is 10.2. The van der Waals surface area contributed by atoms with E-state index < -0.39 is 0 Å². The van der Waals surface area contributed by atoms with Crippen LogP contribution in [-0.2, 0) is 6.54 Å². The summed E-state index contributed by atoms with van der Waals surface area (Å²) < 4.78 is 18.1. The zero-order chi connectivity index (χ0) is 14.4. The van der Waals surface area contributed by atoms with Crippen LogP contribution in [0.3, 0.4) is 0 Å². The summed E-state index contributed by atoms with van der Waals surface area (Å²) in [4.78, 5) is 4.16. The number of rotatable bonds is 4. The van der Waals surface area contributed by atoms with E-state index in [-0.39, 0.29) is 11.8 Å². The van der Waals surface area contributed by atoms with Gasteiger partial charge in [-0.2, -0.15) is 0 Å².